The Morgan fingerprint density at radius 2 is 1.82 bits per heavy atom. The highest BCUT2D eigenvalue weighted by molar-refractivity contribution is 4.85. The van der Waals surface area contributed by atoms with Crippen LogP contribution in [0.3, 0.4) is 0 Å². The van der Waals surface area contributed by atoms with Crippen LogP contribution in [-0.2, 0) is 0 Å². The fraction of sp³-hybridized carbons (Fsp3) is 1.00. The molecule has 3 heteroatoms. The van der Waals surface area contributed by atoms with E-state index in [1.165, 1.54) is 32.2 Å². The molecule has 0 unspecified atom stereocenters. The van der Waals surface area contributed by atoms with E-state index >= 15 is 0 Å². The monoisotopic (exact) mass is 240 g/mol. The van der Waals surface area contributed by atoms with E-state index in [9.17, 15) is 5.11 Å². The highest BCUT2D eigenvalue weighted by atomic mass is 16.3. The minimum Gasteiger partial charge on any atom is -0.393 e. The van der Waals surface area contributed by atoms with Crippen molar-refractivity contribution in [2.24, 2.45) is 5.92 Å². The number of nitrogens with zero attached hydrogens (tertiary/aromatic N) is 1. The SMILES string of the molecule is CCNC1CCC(N(C)CC2CC(O)C2)CC1. The van der Waals surface area contributed by atoms with Gasteiger partial charge in [-0.25, -0.2) is 0 Å². The molecule has 2 saturated carbocycles. The van der Waals surface area contributed by atoms with Crippen molar-refractivity contribution in [2.75, 3.05) is 20.1 Å². The van der Waals surface area contributed by atoms with E-state index in [0.717, 1.165) is 37.4 Å². The molecular formula is C14H28N2O. The van der Waals surface area contributed by atoms with Crippen LogP contribution in [0.5, 0.6) is 0 Å². The van der Waals surface area contributed by atoms with Gasteiger partial charge in [-0.1, -0.05) is 6.92 Å². The van der Waals surface area contributed by atoms with E-state index in [-0.39, 0.29) is 6.10 Å². The number of hydrogen-bond donors (Lipinski definition) is 2. The largest absolute Gasteiger partial charge is 0.393 e. The van der Waals surface area contributed by atoms with Crippen LogP contribution >= 0.6 is 0 Å². The molecule has 2 rings (SSSR count). The lowest BCUT2D eigenvalue weighted by atomic mass is 9.81. The first kappa shape index (κ1) is 13.3. The van der Waals surface area contributed by atoms with Crippen molar-refractivity contribution in [1.82, 2.24) is 10.2 Å². The van der Waals surface area contributed by atoms with Gasteiger partial charge in [0, 0.05) is 18.6 Å². The van der Waals surface area contributed by atoms with Crippen LogP contribution in [0, 0.1) is 5.92 Å². The Morgan fingerprint density at radius 1 is 1.18 bits per heavy atom. The van der Waals surface area contributed by atoms with Gasteiger partial charge in [0.2, 0.25) is 0 Å². The van der Waals surface area contributed by atoms with Crippen molar-refractivity contribution in [3.05, 3.63) is 0 Å². The number of nitrogens with one attached hydrogen (secondary N) is 1. The molecule has 0 bridgehead atoms. The first-order valence-electron chi connectivity index (χ1n) is 7.30. The van der Waals surface area contributed by atoms with Crippen LogP contribution in [0.2, 0.25) is 0 Å². The molecular weight excluding hydrogens is 212 g/mol. The third-order valence-corrected chi connectivity index (χ3v) is 4.57. The second-order valence-electron chi connectivity index (χ2n) is 5.99. The van der Waals surface area contributed by atoms with E-state index in [1.54, 1.807) is 0 Å². The van der Waals surface area contributed by atoms with Gasteiger partial charge >= 0.3 is 0 Å². The second-order valence-corrected chi connectivity index (χ2v) is 5.99. The summed E-state index contributed by atoms with van der Waals surface area (Å²) in [6, 6.07) is 1.54. The summed E-state index contributed by atoms with van der Waals surface area (Å²) in [6.45, 7) is 4.48. The maximum absolute atomic E-state index is 9.31. The molecule has 2 aliphatic carbocycles. The van der Waals surface area contributed by atoms with Gasteiger partial charge in [0.1, 0.15) is 0 Å². The molecule has 0 aromatic carbocycles. The zero-order chi connectivity index (χ0) is 12.3. The number of aliphatic hydroxyl groups is 1. The zero-order valence-electron chi connectivity index (χ0n) is 11.4. The van der Waals surface area contributed by atoms with Gasteiger partial charge in [-0.2, -0.15) is 0 Å². The minimum atomic E-state index is -0.00195. The van der Waals surface area contributed by atoms with Crippen LogP contribution in [-0.4, -0.2) is 48.3 Å². The van der Waals surface area contributed by atoms with Gasteiger partial charge in [-0.15, -0.1) is 0 Å². The van der Waals surface area contributed by atoms with Crippen LogP contribution in [0.25, 0.3) is 0 Å². The molecule has 0 radical (unpaired) electrons. The number of rotatable bonds is 5. The van der Waals surface area contributed by atoms with E-state index in [4.69, 9.17) is 0 Å². The van der Waals surface area contributed by atoms with Crippen molar-refractivity contribution < 1.29 is 5.11 Å². The van der Waals surface area contributed by atoms with Gasteiger partial charge < -0.3 is 15.3 Å². The standard InChI is InChI=1S/C14H28N2O/c1-3-15-12-4-6-13(7-5-12)16(2)10-11-8-14(17)9-11/h11-15,17H,3-10H2,1-2H3. The smallest absolute Gasteiger partial charge is 0.0546 e. The van der Waals surface area contributed by atoms with Gasteiger partial charge in [-0.05, 0) is 58.0 Å². The number of aliphatic hydroxyl groups excluding tert-OH is 1. The zero-order valence-corrected chi connectivity index (χ0v) is 11.4. The van der Waals surface area contributed by atoms with Gasteiger partial charge in [0.25, 0.3) is 0 Å². The molecule has 0 saturated heterocycles. The van der Waals surface area contributed by atoms with Gasteiger partial charge in [-0.3, -0.25) is 0 Å². The van der Waals surface area contributed by atoms with E-state index in [0.29, 0.717) is 0 Å². The third kappa shape index (κ3) is 3.67. The molecule has 0 atom stereocenters. The first-order valence-corrected chi connectivity index (χ1v) is 7.30. The van der Waals surface area contributed by atoms with E-state index in [2.05, 4.69) is 24.2 Å². The maximum Gasteiger partial charge on any atom is 0.0546 e. The van der Waals surface area contributed by atoms with Crippen LogP contribution in [0.15, 0.2) is 0 Å². The summed E-state index contributed by atoms with van der Waals surface area (Å²) in [5.74, 6) is 0.751. The molecule has 17 heavy (non-hydrogen) atoms. The fourth-order valence-corrected chi connectivity index (χ4v) is 3.42. The van der Waals surface area contributed by atoms with Crippen molar-refractivity contribution in [3.63, 3.8) is 0 Å². The molecule has 0 spiro atoms. The summed E-state index contributed by atoms with van der Waals surface area (Å²) in [4.78, 5) is 2.54. The average Bonchev–Trinajstić information content (AvgIpc) is 2.28. The molecule has 0 heterocycles. The molecule has 0 aromatic heterocycles. The topological polar surface area (TPSA) is 35.5 Å². The summed E-state index contributed by atoms with van der Waals surface area (Å²) in [6.07, 6.45) is 7.38. The molecule has 2 fully saturated rings. The average molecular weight is 240 g/mol. The molecule has 0 aromatic rings. The summed E-state index contributed by atoms with van der Waals surface area (Å²) >= 11 is 0. The van der Waals surface area contributed by atoms with Crippen molar-refractivity contribution in [3.8, 4) is 0 Å². The Hall–Kier alpha value is -0.120. The van der Waals surface area contributed by atoms with E-state index in [1.807, 2.05) is 0 Å². The lowest BCUT2D eigenvalue weighted by Crippen LogP contribution is -2.44. The van der Waals surface area contributed by atoms with E-state index < -0.39 is 0 Å². The Morgan fingerprint density at radius 3 is 2.35 bits per heavy atom. The molecule has 100 valence electrons. The molecule has 2 N–H and O–H groups in total. The lowest BCUT2D eigenvalue weighted by molar-refractivity contribution is 0.0182. The summed E-state index contributed by atoms with van der Waals surface area (Å²) in [7, 11) is 2.27. The van der Waals surface area contributed by atoms with Gasteiger partial charge in [0.15, 0.2) is 0 Å². The Balaban J connectivity index is 1.65. The molecule has 2 aliphatic rings. The minimum absolute atomic E-state index is 0.00195. The molecule has 0 aliphatic heterocycles. The second kappa shape index (κ2) is 6.17. The summed E-state index contributed by atoms with van der Waals surface area (Å²) in [5.41, 5.74) is 0. The summed E-state index contributed by atoms with van der Waals surface area (Å²) < 4.78 is 0. The van der Waals surface area contributed by atoms with Crippen LogP contribution in [0.4, 0.5) is 0 Å². The normalized spacial score (nSPS) is 38.1. The lowest BCUT2D eigenvalue weighted by Gasteiger charge is -2.40. The highest BCUT2D eigenvalue weighted by Crippen LogP contribution is 2.30. The predicted molar refractivity (Wildman–Crippen MR) is 71.1 cm³/mol. The van der Waals surface area contributed by atoms with Crippen molar-refractivity contribution in [2.45, 2.75) is 63.6 Å². The predicted octanol–water partition coefficient (Wildman–Crippen LogP) is 1.61. The van der Waals surface area contributed by atoms with Crippen LogP contribution in [0.1, 0.15) is 45.4 Å². The number of hydrogen-bond acceptors (Lipinski definition) is 3. The summed E-state index contributed by atoms with van der Waals surface area (Å²) in [5, 5.41) is 12.9. The maximum atomic E-state index is 9.31. The first-order chi connectivity index (χ1) is 8.19. The fourth-order valence-electron chi connectivity index (χ4n) is 3.42. The van der Waals surface area contributed by atoms with Crippen LogP contribution < -0.4 is 5.32 Å². The van der Waals surface area contributed by atoms with Crippen molar-refractivity contribution >= 4 is 0 Å². The van der Waals surface area contributed by atoms with Crippen molar-refractivity contribution in [1.29, 1.82) is 0 Å². The Kier molecular flexibility index (Phi) is 4.83. The Labute approximate surface area is 106 Å². The Bertz CT molecular complexity index is 220. The van der Waals surface area contributed by atoms with Gasteiger partial charge in [0.05, 0.1) is 6.10 Å². The molecule has 3 nitrogen and oxygen atoms in total. The highest BCUT2D eigenvalue weighted by Gasteiger charge is 2.30. The molecule has 0 amide bonds. The quantitative estimate of drug-likeness (QED) is 0.766. The third-order valence-electron chi connectivity index (χ3n) is 4.57.